The van der Waals surface area contributed by atoms with Crippen LogP contribution in [0.15, 0.2) is 97.3 Å². The molecule has 2 aromatic heterocycles. The van der Waals surface area contributed by atoms with E-state index in [9.17, 15) is 9.59 Å². The van der Waals surface area contributed by atoms with Crippen molar-refractivity contribution in [3.8, 4) is 0 Å². The van der Waals surface area contributed by atoms with Gasteiger partial charge < -0.3 is 5.32 Å². The van der Waals surface area contributed by atoms with Crippen molar-refractivity contribution in [2.45, 2.75) is 0 Å². The number of carbonyl (C=O) groups excluding carboxylic acids is 2. The Bertz CT molecular complexity index is 1510. The lowest BCUT2D eigenvalue weighted by molar-refractivity contribution is 0.102. The summed E-state index contributed by atoms with van der Waals surface area (Å²) in [5, 5.41) is 11.2. The van der Waals surface area contributed by atoms with Crippen LogP contribution < -0.4 is 5.32 Å². The highest BCUT2D eigenvalue weighted by Gasteiger charge is 2.13. The van der Waals surface area contributed by atoms with Gasteiger partial charge in [0.2, 0.25) is 0 Å². The molecule has 0 aliphatic heterocycles. The van der Waals surface area contributed by atoms with Gasteiger partial charge in [0, 0.05) is 40.2 Å². The Morgan fingerprint density at radius 1 is 0.765 bits per heavy atom. The van der Waals surface area contributed by atoms with Crippen molar-refractivity contribution in [3.63, 3.8) is 0 Å². The Hall–Kier alpha value is -4.84. The van der Waals surface area contributed by atoms with Crippen LogP contribution in [-0.4, -0.2) is 26.9 Å². The maximum absolute atomic E-state index is 13.1. The number of nitrogens with zero attached hydrogens (tertiary/aromatic N) is 2. The summed E-state index contributed by atoms with van der Waals surface area (Å²) in [6.45, 7) is 0. The number of anilines is 1. The van der Waals surface area contributed by atoms with Gasteiger partial charge in [0.15, 0.2) is 5.78 Å². The number of amides is 1. The van der Waals surface area contributed by atoms with E-state index in [4.69, 9.17) is 0 Å². The fourth-order valence-electron chi connectivity index (χ4n) is 3.66. The molecule has 0 fully saturated rings. The molecule has 164 valence electrons. The zero-order chi connectivity index (χ0) is 23.3. The predicted molar refractivity (Wildman–Crippen MR) is 134 cm³/mol. The monoisotopic (exact) mass is 444 g/mol. The molecule has 0 radical (unpaired) electrons. The van der Waals surface area contributed by atoms with Gasteiger partial charge in [0.05, 0.1) is 11.2 Å². The average Bonchev–Trinajstić information content (AvgIpc) is 3.30. The molecular weight excluding hydrogens is 424 g/mol. The van der Waals surface area contributed by atoms with Crippen LogP contribution in [-0.2, 0) is 0 Å². The number of ketones is 1. The van der Waals surface area contributed by atoms with Crippen LogP contribution in [0.5, 0.6) is 0 Å². The van der Waals surface area contributed by atoms with Crippen molar-refractivity contribution < 1.29 is 9.59 Å². The van der Waals surface area contributed by atoms with E-state index in [1.54, 1.807) is 60.9 Å². The smallest absolute Gasteiger partial charge is 0.255 e. The first-order valence-electron chi connectivity index (χ1n) is 10.7. The molecule has 3 aromatic carbocycles. The van der Waals surface area contributed by atoms with Crippen LogP contribution in [0.4, 0.5) is 5.69 Å². The molecule has 0 aliphatic rings. The van der Waals surface area contributed by atoms with Gasteiger partial charge >= 0.3 is 0 Å². The summed E-state index contributed by atoms with van der Waals surface area (Å²) in [6.07, 6.45) is 7.07. The standard InChI is InChI=1S/C28H20N4O2/c33-27(21-7-4-8-23(17-21)30-28(34)20-13-15-29-16-14-20)22-10-11-24-25(31-32-26(24)18-22)12-9-19-5-2-1-3-6-19/h1-18H,(H,30,34)(H,31,32). The maximum atomic E-state index is 13.1. The van der Waals surface area contributed by atoms with Crippen molar-refractivity contribution in [1.29, 1.82) is 0 Å². The first kappa shape index (κ1) is 21.0. The summed E-state index contributed by atoms with van der Waals surface area (Å²) in [4.78, 5) is 29.5. The normalized spacial score (nSPS) is 11.1. The van der Waals surface area contributed by atoms with Gasteiger partial charge in [-0.25, -0.2) is 0 Å². The minimum Gasteiger partial charge on any atom is -0.322 e. The van der Waals surface area contributed by atoms with Crippen LogP contribution in [0.3, 0.4) is 0 Å². The number of H-pyrrole nitrogens is 1. The lowest BCUT2D eigenvalue weighted by Crippen LogP contribution is -2.12. The summed E-state index contributed by atoms with van der Waals surface area (Å²) in [6, 6.07) is 25.6. The van der Waals surface area contributed by atoms with Gasteiger partial charge in [-0.1, -0.05) is 54.6 Å². The number of carbonyl (C=O) groups is 2. The van der Waals surface area contributed by atoms with E-state index in [2.05, 4.69) is 20.5 Å². The van der Waals surface area contributed by atoms with E-state index >= 15 is 0 Å². The molecule has 0 saturated heterocycles. The Labute approximate surface area is 196 Å². The minimum atomic E-state index is -0.262. The molecule has 0 bridgehead atoms. The molecule has 1 amide bonds. The Morgan fingerprint density at radius 3 is 2.38 bits per heavy atom. The molecule has 0 spiro atoms. The lowest BCUT2D eigenvalue weighted by Gasteiger charge is -2.07. The number of benzene rings is 3. The largest absolute Gasteiger partial charge is 0.322 e. The van der Waals surface area contributed by atoms with Gasteiger partial charge in [-0.2, -0.15) is 5.10 Å². The quantitative estimate of drug-likeness (QED) is 0.333. The molecule has 2 N–H and O–H groups in total. The van der Waals surface area contributed by atoms with Crippen molar-refractivity contribution in [2.24, 2.45) is 0 Å². The number of hydrogen-bond donors (Lipinski definition) is 2. The molecule has 0 saturated carbocycles. The van der Waals surface area contributed by atoms with Crippen LogP contribution >= 0.6 is 0 Å². The van der Waals surface area contributed by atoms with Crippen molar-refractivity contribution in [3.05, 3.63) is 125 Å². The number of aromatic amines is 1. The van der Waals surface area contributed by atoms with Crippen LogP contribution in [0.2, 0.25) is 0 Å². The summed E-state index contributed by atoms with van der Waals surface area (Å²) < 4.78 is 0. The molecular formula is C28H20N4O2. The van der Waals surface area contributed by atoms with Crippen LogP contribution in [0.1, 0.15) is 37.5 Å². The number of aromatic nitrogens is 3. The number of nitrogens with one attached hydrogen (secondary N) is 2. The van der Waals surface area contributed by atoms with Crippen molar-refractivity contribution in [2.75, 3.05) is 5.32 Å². The van der Waals surface area contributed by atoms with Gasteiger partial charge in [0.1, 0.15) is 0 Å². The second kappa shape index (κ2) is 9.34. The van der Waals surface area contributed by atoms with Crippen molar-refractivity contribution >= 4 is 40.4 Å². The second-order valence-corrected chi connectivity index (χ2v) is 7.71. The molecule has 0 unspecified atom stereocenters. The Balaban J connectivity index is 1.36. The van der Waals surface area contributed by atoms with Gasteiger partial charge in [-0.05, 0) is 48.0 Å². The molecule has 5 aromatic rings. The maximum Gasteiger partial charge on any atom is 0.255 e. The zero-order valence-corrected chi connectivity index (χ0v) is 18.1. The lowest BCUT2D eigenvalue weighted by atomic mass is 10.0. The van der Waals surface area contributed by atoms with E-state index < -0.39 is 0 Å². The number of rotatable bonds is 6. The molecule has 0 atom stereocenters. The first-order chi connectivity index (χ1) is 16.7. The molecule has 5 rings (SSSR count). The SMILES string of the molecule is O=C(Nc1cccc(C(=O)c2ccc3c(C=Cc4ccccc4)n[nH]c3c2)c1)c1ccncc1. The molecule has 2 heterocycles. The summed E-state index contributed by atoms with van der Waals surface area (Å²) in [7, 11) is 0. The fourth-order valence-corrected chi connectivity index (χ4v) is 3.66. The summed E-state index contributed by atoms with van der Waals surface area (Å²) in [5.74, 6) is -0.403. The zero-order valence-electron chi connectivity index (χ0n) is 18.1. The highest BCUT2D eigenvalue weighted by atomic mass is 16.1. The molecule has 0 aliphatic carbocycles. The topological polar surface area (TPSA) is 87.7 Å². The minimum absolute atomic E-state index is 0.141. The van der Waals surface area contributed by atoms with Gasteiger partial charge in [0.25, 0.3) is 5.91 Å². The molecule has 34 heavy (non-hydrogen) atoms. The Morgan fingerprint density at radius 2 is 1.56 bits per heavy atom. The van der Waals surface area contributed by atoms with Crippen molar-refractivity contribution in [1.82, 2.24) is 15.2 Å². The fraction of sp³-hybridized carbons (Fsp3) is 0. The molecule has 6 nitrogen and oxygen atoms in total. The third-order valence-corrected chi connectivity index (χ3v) is 5.41. The summed E-state index contributed by atoms with van der Waals surface area (Å²) >= 11 is 0. The number of hydrogen-bond acceptors (Lipinski definition) is 4. The average molecular weight is 444 g/mol. The predicted octanol–water partition coefficient (Wildman–Crippen LogP) is 5.61. The van der Waals surface area contributed by atoms with Crippen LogP contribution in [0.25, 0.3) is 23.1 Å². The van der Waals surface area contributed by atoms with Gasteiger partial charge in [-0.15, -0.1) is 0 Å². The van der Waals surface area contributed by atoms with Crippen LogP contribution in [0, 0.1) is 0 Å². The van der Waals surface area contributed by atoms with E-state index in [-0.39, 0.29) is 11.7 Å². The highest BCUT2D eigenvalue weighted by Crippen LogP contribution is 2.22. The Kier molecular flexibility index (Phi) is 5.78. The third-order valence-electron chi connectivity index (χ3n) is 5.41. The third kappa shape index (κ3) is 4.52. The van der Waals surface area contributed by atoms with E-state index in [1.165, 1.54) is 0 Å². The number of fused-ring (bicyclic) bond motifs is 1. The second-order valence-electron chi connectivity index (χ2n) is 7.71. The van der Waals surface area contributed by atoms with E-state index in [1.807, 2.05) is 48.6 Å². The van der Waals surface area contributed by atoms with Gasteiger partial charge in [-0.3, -0.25) is 19.7 Å². The highest BCUT2D eigenvalue weighted by molar-refractivity contribution is 6.12. The number of pyridine rings is 1. The summed E-state index contributed by atoms with van der Waals surface area (Å²) in [5.41, 5.74) is 4.72. The first-order valence-corrected chi connectivity index (χ1v) is 10.7. The molecule has 6 heteroatoms. The van der Waals surface area contributed by atoms with E-state index in [0.717, 1.165) is 22.2 Å². The van der Waals surface area contributed by atoms with E-state index in [0.29, 0.717) is 22.4 Å².